The van der Waals surface area contributed by atoms with Gasteiger partial charge in [-0.1, -0.05) is 6.07 Å². The number of carboxylic acid groups (broad SMARTS) is 1. The number of carbonyl (C=O) groups is 2. The molecule has 2 N–H and O–H groups in total. The van der Waals surface area contributed by atoms with E-state index < -0.39 is 28.1 Å². The molecule has 0 radical (unpaired) electrons. The van der Waals surface area contributed by atoms with Crippen LogP contribution < -0.4 is 5.32 Å². The van der Waals surface area contributed by atoms with Crippen molar-refractivity contribution >= 4 is 55.1 Å². The van der Waals surface area contributed by atoms with Crippen molar-refractivity contribution in [1.29, 1.82) is 0 Å². The average Bonchev–Trinajstić information content (AvgIpc) is 2.50. The van der Waals surface area contributed by atoms with Gasteiger partial charge in [-0.25, -0.2) is 4.79 Å². The zero-order valence-corrected chi connectivity index (χ0v) is 14.4. The van der Waals surface area contributed by atoms with Crippen LogP contribution in [0, 0.1) is 10.1 Å². The Morgan fingerprint density at radius 3 is 2.22 bits per heavy atom. The van der Waals surface area contributed by atoms with Crippen LogP contribution in [0.25, 0.3) is 0 Å². The minimum absolute atomic E-state index is 0.175. The number of non-ortho nitro benzene ring substituents is 1. The van der Waals surface area contributed by atoms with E-state index >= 15 is 0 Å². The highest BCUT2D eigenvalue weighted by Gasteiger charge is 2.21. The Morgan fingerprint density at radius 2 is 1.70 bits per heavy atom. The molecule has 0 spiro atoms. The zero-order chi connectivity index (χ0) is 17.1. The first-order valence-electron chi connectivity index (χ1n) is 6.08. The predicted molar refractivity (Wildman–Crippen MR) is 89.9 cm³/mol. The Balaban J connectivity index is 2.43. The quantitative estimate of drug-likeness (QED) is 0.546. The number of nitro groups is 1. The Kier molecular flexibility index (Phi) is 5.12. The summed E-state index contributed by atoms with van der Waals surface area (Å²) in [5, 5.41) is 22.5. The van der Waals surface area contributed by atoms with E-state index in [1.807, 2.05) is 0 Å². The van der Waals surface area contributed by atoms with Crippen molar-refractivity contribution in [1.82, 2.24) is 0 Å². The van der Waals surface area contributed by atoms with Gasteiger partial charge in [0.25, 0.3) is 11.6 Å². The minimum atomic E-state index is -1.43. The van der Waals surface area contributed by atoms with E-state index in [2.05, 4.69) is 37.2 Å². The molecule has 9 heteroatoms. The third-order valence-corrected chi connectivity index (χ3v) is 4.21. The summed E-state index contributed by atoms with van der Waals surface area (Å²) in [6.07, 6.45) is 0. The lowest BCUT2D eigenvalue weighted by molar-refractivity contribution is -0.384. The normalized spacial score (nSPS) is 10.2. The molecule has 0 atom stereocenters. The number of halogens is 2. The second-order valence-electron chi connectivity index (χ2n) is 4.34. The SMILES string of the molecule is O=C(O)c1cc([N+](=O)[O-])ccc1C(=O)Nc1c(Br)cccc1Br. The zero-order valence-electron chi connectivity index (χ0n) is 11.2. The highest BCUT2D eigenvalue weighted by Crippen LogP contribution is 2.31. The van der Waals surface area contributed by atoms with Gasteiger partial charge in [0.15, 0.2) is 0 Å². The van der Waals surface area contributed by atoms with Crippen LogP contribution in [0.3, 0.4) is 0 Å². The number of para-hydroxylation sites is 1. The summed E-state index contributed by atoms with van der Waals surface area (Å²) in [7, 11) is 0. The fourth-order valence-electron chi connectivity index (χ4n) is 1.82. The molecule has 2 rings (SSSR count). The number of hydrogen-bond donors (Lipinski definition) is 2. The van der Waals surface area contributed by atoms with Gasteiger partial charge in [0.1, 0.15) is 0 Å². The second-order valence-corrected chi connectivity index (χ2v) is 6.05. The summed E-state index contributed by atoms with van der Waals surface area (Å²) in [6.45, 7) is 0. The first-order valence-corrected chi connectivity index (χ1v) is 7.67. The Morgan fingerprint density at radius 1 is 1.09 bits per heavy atom. The first kappa shape index (κ1) is 17.1. The lowest BCUT2D eigenvalue weighted by atomic mass is 10.1. The molecule has 0 fully saturated rings. The van der Waals surface area contributed by atoms with Gasteiger partial charge < -0.3 is 10.4 Å². The molecule has 2 aromatic rings. The molecule has 0 unspecified atom stereocenters. The van der Waals surface area contributed by atoms with Crippen LogP contribution in [0.1, 0.15) is 20.7 Å². The summed E-state index contributed by atoms with van der Waals surface area (Å²) >= 11 is 6.55. The van der Waals surface area contributed by atoms with Crippen molar-refractivity contribution in [3.05, 3.63) is 66.6 Å². The van der Waals surface area contributed by atoms with Gasteiger partial charge in [0.05, 0.1) is 21.7 Å². The van der Waals surface area contributed by atoms with Crippen molar-refractivity contribution in [3.8, 4) is 0 Å². The molecular weight excluding hydrogens is 436 g/mol. The molecule has 0 aliphatic heterocycles. The number of nitrogens with zero attached hydrogens (tertiary/aromatic N) is 1. The number of hydrogen-bond acceptors (Lipinski definition) is 4. The first-order chi connectivity index (χ1) is 10.8. The molecular formula is C14H8Br2N2O5. The van der Waals surface area contributed by atoms with Crippen LogP contribution in [-0.2, 0) is 0 Å². The maximum atomic E-state index is 12.3. The van der Waals surface area contributed by atoms with Crippen LogP contribution in [0.5, 0.6) is 0 Å². The monoisotopic (exact) mass is 442 g/mol. The third kappa shape index (κ3) is 3.74. The summed E-state index contributed by atoms with van der Waals surface area (Å²) < 4.78 is 1.19. The summed E-state index contributed by atoms with van der Waals surface area (Å²) in [5.41, 5.74) is -0.598. The number of anilines is 1. The van der Waals surface area contributed by atoms with Crippen LogP contribution in [-0.4, -0.2) is 21.9 Å². The van der Waals surface area contributed by atoms with Gasteiger partial charge in [0, 0.05) is 21.1 Å². The molecule has 0 aliphatic carbocycles. The molecule has 2 aromatic carbocycles. The highest BCUT2D eigenvalue weighted by molar-refractivity contribution is 9.11. The Labute approximate surface area is 146 Å². The van der Waals surface area contributed by atoms with Gasteiger partial charge in [-0.3, -0.25) is 14.9 Å². The Hall–Kier alpha value is -2.26. The van der Waals surface area contributed by atoms with Gasteiger partial charge in [-0.05, 0) is 50.1 Å². The van der Waals surface area contributed by atoms with Gasteiger partial charge in [-0.2, -0.15) is 0 Å². The average molecular weight is 444 g/mol. The van der Waals surface area contributed by atoms with Gasteiger partial charge in [0.2, 0.25) is 0 Å². The molecule has 0 aliphatic rings. The number of nitro benzene ring substituents is 1. The Bertz CT molecular complexity index is 803. The molecule has 0 aromatic heterocycles. The smallest absolute Gasteiger partial charge is 0.336 e. The number of aromatic carboxylic acids is 1. The van der Waals surface area contributed by atoms with E-state index in [1.54, 1.807) is 18.2 Å². The maximum absolute atomic E-state index is 12.3. The number of carbonyl (C=O) groups excluding carboxylic acids is 1. The van der Waals surface area contributed by atoms with Crippen LogP contribution in [0.2, 0.25) is 0 Å². The number of carboxylic acids is 1. The van der Waals surface area contributed by atoms with Crippen LogP contribution in [0.4, 0.5) is 11.4 Å². The molecule has 0 bridgehead atoms. The minimum Gasteiger partial charge on any atom is -0.478 e. The predicted octanol–water partition coefficient (Wildman–Crippen LogP) is 4.07. The fraction of sp³-hybridized carbons (Fsp3) is 0. The number of rotatable bonds is 4. The lowest BCUT2D eigenvalue weighted by Gasteiger charge is -2.11. The molecule has 1 amide bonds. The largest absolute Gasteiger partial charge is 0.478 e. The number of benzene rings is 2. The van der Waals surface area contributed by atoms with Crippen LogP contribution in [0.15, 0.2) is 45.3 Å². The van der Waals surface area contributed by atoms with Crippen LogP contribution >= 0.6 is 31.9 Å². The van der Waals surface area contributed by atoms with E-state index in [9.17, 15) is 24.8 Å². The van der Waals surface area contributed by atoms with E-state index in [1.165, 1.54) is 0 Å². The topological polar surface area (TPSA) is 110 Å². The fourth-order valence-corrected chi connectivity index (χ4v) is 3.02. The molecule has 23 heavy (non-hydrogen) atoms. The third-order valence-electron chi connectivity index (χ3n) is 2.89. The lowest BCUT2D eigenvalue weighted by Crippen LogP contribution is -2.17. The summed E-state index contributed by atoms with van der Waals surface area (Å²) in [5.74, 6) is -2.12. The molecule has 7 nitrogen and oxygen atoms in total. The van der Waals surface area contributed by atoms with E-state index in [0.717, 1.165) is 18.2 Å². The van der Waals surface area contributed by atoms with Crippen molar-refractivity contribution in [3.63, 3.8) is 0 Å². The van der Waals surface area contributed by atoms with E-state index in [-0.39, 0.29) is 5.56 Å². The van der Waals surface area contributed by atoms with Crippen molar-refractivity contribution in [2.45, 2.75) is 0 Å². The van der Waals surface area contributed by atoms with Crippen molar-refractivity contribution < 1.29 is 19.6 Å². The molecule has 118 valence electrons. The molecule has 0 saturated heterocycles. The maximum Gasteiger partial charge on any atom is 0.336 e. The van der Waals surface area contributed by atoms with E-state index in [4.69, 9.17) is 0 Å². The van der Waals surface area contributed by atoms with Gasteiger partial charge >= 0.3 is 5.97 Å². The number of nitrogens with one attached hydrogen (secondary N) is 1. The van der Waals surface area contributed by atoms with Gasteiger partial charge in [-0.15, -0.1) is 0 Å². The molecule has 0 saturated carbocycles. The summed E-state index contributed by atoms with van der Waals surface area (Å²) in [6, 6.07) is 8.20. The standard InChI is InChI=1S/C14H8Br2N2O5/c15-10-2-1-3-11(16)12(10)17-13(19)8-5-4-7(18(22)23)6-9(8)14(20)21/h1-6H,(H,17,19)(H,20,21). The number of amides is 1. The molecule has 0 heterocycles. The summed E-state index contributed by atoms with van der Waals surface area (Å²) in [4.78, 5) is 33.6. The van der Waals surface area contributed by atoms with Crippen molar-refractivity contribution in [2.75, 3.05) is 5.32 Å². The van der Waals surface area contributed by atoms with E-state index in [0.29, 0.717) is 14.6 Å². The highest BCUT2D eigenvalue weighted by atomic mass is 79.9. The second kappa shape index (κ2) is 6.88. The van der Waals surface area contributed by atoms with Crippen molar-refractivity contribution in [2.24, 2.45) is 0 Å².